The predicted molar refractivity (Wildman–Crippen MR) is 108 cm³/mol. The number of likely N-dealkylation sites (tertiary alicyclic amines) is 1. The quantitative estimate of drug-likeness (QED) is 0.823. The van der Waals surface area contributed by atoms with Gasteiger partial charge in [0, 0.05) is 37.3 Å². The summed E-state index contributed by atoms with van der Waals surface area (Å²) in [5.41, 5.74) is 6.26. The van der Waals surface area contributed by atoms with Gasteiger partial charge < -0.3 is 15.5 Å². The summed E-state index contributed by atoms with van der Waals surface area (Å²) < 4.78 is 0. The molecule has 2 amide bonds. The number of nitrogens with zero attached hydrogens (tertiary/aromatic N) is 2. The molecule has 0 aromatic heterocycles. The van der Waals surface area contributed by atoms with Crippen LogP contribution in [0, 0.1) is 11.3 Å². The van der Waals surface area contributed by atoms with Crippen LogP contribution in [0.2, 0.25) is 5.02 Å². The monoisotopic (exact) mass is 401 g/mol. The Kier molecular flexibility index (Phi) is 8.38. The van der Waals surface area contributed by atoms with Crippen molar-refractivity contribution in [2.75, 3.05) is 33.2 Å². The van der Waals surface area contributed by atoms with Crippen LogP contribution in [0.25, 0.3) is 0 Å². The maximum atomic E-state index is 12.8. The van der Waals surface area contributed by atoms with E-state index in [1.54, 1.807) is 34.1 Å². The highest BCUT2D eigenvalue weighted by atomic mass is 35.5. The summed E-state index contributed by atoms with van der Waals surface area (Å²) in [6, 6.07) is 6.88. The molecule has 1 aliphatic heterocycles. The lowest BCUT2D eigenvalue weighted by Gasteiger charge is -2.36. The maximum Gasteiger partial charge on any atom is 0.253 e. The molecule has 0 bridgehead atoms. The van der Waals surface area contributed by atoms with E-state index in [1.165, 1.54) is 0 Å². The first-order valence-electron chi connectivity index (χ1n) is 8.73. The lowest BCUT2D eigenvalue weighted by atomic mass is 9.91. The number of hydrogen-bond donors (Lipinski definition) is 1. The molecule has 1 atom stereocenters. The van der Waals surface area contributed by atoms with E-state index in [1.807, 2.05) is 20.9 Å². The number of piperidine rings is 1. The van der Waals surface area contributed by atoms with Crippen LogP contribution in [0.15, 0.2) is 24.3 Å². The normalized spacial score (nSPS) is 17.4. The van der Waals surface area contributed by atoms with Crippen LogP contribution in [0.3, 0.4) is 0 Å². The minimum absolute atomic E-state index is 0. The van der Waals surface area contributed by atoms with Crippen LogP contribution in [0.4, 0.5) is 0 Å². The van der Waals surface area contributed by atoms with Crippen molar-refractivity contribution in [2.45, 2.75) is 26.7 Å². The van der Waals surface area contributed by atoms with Crippen molar-refractivity contribution in [3.8, 4) is 0 Å². The molecule has 2 N–H and O–H groups in total. The second-order valence-electron chi connectivity index (χ2n) is 7.66. The van der Waals surface area contributed by atoms with Gasteiger partial charge in [0.2, 0.25) is 5.91 Å². The van der Waals surface area contributed by atoms with Gasteiger partial charge in [0.25, 0.3) is 5.91 Å². The van der Waals surface area contributed by atoms with Crippen LogP contribution >= 0.6 is 24.0 Å². The highest BCUT2D eigenvalue weighted by molar-refractivity contribution is 6.30. The van der Waals surface area contributed by atoms with Crippen LogP contribution in [-0.4, -0.2) is 54.8 Å². The molecule has 1 aromatic carbocycles. The number of halogens is 2. The fourth-order valence-electron chi connectivity index (χ4n) is 3.23. The molecule has 146 valence electrons. The third kappa shape index (κ3) is 5.86. The lowest BCUT2D eigenvalue weighted by Crippen LogP contribution is -2.48. The van der Waals surface area contributed by atoms with Gasteiger partial charge in [-0.2, -0.15) is 0 Å². The van der Waals surface area contributed by atoms with Crippen molar-refractivity contribution >= 4 is 35.8 Å². The summed E-state index contributed by atoms with van der Waals surface area (Å²) in [7, 11) is 1.82. The van der Waals surface area contributed by atoms with Crippen molar-refractivity contribution < 1.29 is 9.59 Å². The van der Waals surface area contributed by atoms with E-state index in [4.69, 9.17) is 17.3 Å². The standard InChI is InChI=1S/C19H28ClN3O2.ClH/c1-19(2,12-21)13-22(3)17(24)15-5-4-10-23(11-15)18(25)14-6-8-16(20)9-7-14;/h6-9,15H,4-5,10-13,21H2,1-3H3;1H. The van der Waals surface area contributed by atoms with Crippen molar-refractivity contribution in [2.24, 2.45) is 17.1 Å². The predicted octanol–water partition coefficient (Wildman–Crippen LogP) is 3.06. The number of rotatable bonds is 5. The van der Waals surface area contributed by atoms with Crippen LogP contribution in [0.5, 0.6) is 0 Å². The first-order chi connectivity index (χ1) is 11.7. The van der Waals surface area contributed by atoms with E-state index < -0.39 is 0 Å². The van der Waals surface area contributed by atoms with Gasteiger partial charge in [-0.15, -0.1) is 12.4 Å². The Hall–Kier alpha value is -1.30. The molecule has 1 heterocycles. The molecule has 0 radical (unpaired) electrons. The van der Waals surface area contributed by atoms with Gasteiger partial charge in [-0.1, -0.05) is 25.4 Å². The third-order valence-electron chi connectivity index (χ3n) is 4.74. The summed E-state index contributed by atoms with van der Waals surface area (Å²) in [6.07, 6.45) is 1.65. The molecular formula is C19H29Cl2N3O2. The van der Waals surface area contributed by atoms with Crippen molar-refractivity contribution in [3.05, 3.63) is 34.9 Å². The zero-order valence-electron chi connectivity index (χ0n) is 15.7. The topological polar surface area (TPSA) is 66.6 Å². The molecule has 26 heavy (non-hydrogen) atoms. The molecular weight excluding hydrogens is 373 g/mol. The number of carbonyl (C=O) groups is 2. The molecule has 1 fully saturated rings. The Morgan fingerprint density at radius 3 is 2.50 bits per heavy atom. The molecule has 1 saturated heterocycles. The average molecular weight is 402 g/mol. The summed E-state index contributed by atoms with van der Waals surface area (Å²) in [4.78, 5) is 29.0. The van der Waals surface area contributed by atoms with E-state index in [9.17, 15) is 9.59 Å². The van der Waals surface area contributed by atoms with Crippen molar-refractivity contribution in [1.29, 1.82) is 0 Å². The Morgan fingerprint density at radius 2 is 1.92 bits per heavy atom. The lowest BCUT2D eigenvalue weighted by molar-refractivity contribution is -0.136. The van der Waals surface area contributed by atoms with Crippen LogP contribution in [-0.2, 0) is 4.79 Å². The zero-order valence-corrected chi connectivity index (χ0v) is 17.3. The highest BCUT2D eigenvalue weighted by Gasteiger charge is 2.32. The van der Waals surface area contributed by atoms with Gasteiger partial charge in [-0.3, -0.25) is 9.59 Å². The molecule has 0 saturated carbocycles. The second kappa shape index (κ2) is 9.58. The Morgan fingerprint density at radius 1 is 1.31 bits per heavy atom. The summed E-state index contributed by atoms with van der Waals surface area (Å²) in [6.45, 7) is 6.39. The molecule has 2 rings (SSSR count). The molecule has 0 spiro atoms. The van der Waals surface area contributed by atoms with Crippen molar-refractivity contribution in [1.82, 2.24) is 9.80 Å². The number of nitrogens with two attached hydrogens (primary N) is 1. The molecule has 5 nitrogen and oxygen atoms in total. The fraction of sp³-hybridized carbons (Fsp3) is 0.579. The average Bonchev–Trinajstić information content (AvgIpc) is 2.61. The van der Waals surface area contributed by atoms with Gasteiger partial charge in [0.1, 0.15) is 0 Å². The first-order valence-corrected chi connectivity index (χ1v) is 9.11. The first kappa shape index (κ1) is 22.7. The maximum absolute atomic E-state index is 12.8. The molecule has 1 aromatic rings. The minimum atomic E-state index is -0.149. The van der Waals surface area contributed by atoms with Gasteiger partial charge >= 0.3 is 0 Å². The SMILES string of the molecule is CN(CC(C)(C)CN)C(=O)C1CCCN(C(=O)c2ccc(Cl)cc2)C1.Cl. The summed E-state index contributed by atoms with van der Waals surface area (Å²) in [5, 5.41) is 0.604. The Labute approximate surface area is 167 Å². The van der Waals surface area contributed by atoms with Crippen LogP contribution < -0.4 is 5.73 Å². The Bertz CT molecular complexity index is 620. The minimum Gasteiger partial charge on any atom is -0.345 e. The van der Waals surface area contributed by atoms with Gasteiger partial charge in [-0.25, -0.2) is 0 Å². The number of amides is 2. The van der Waals surface area contributed by atoms with E-state index in [0.717, 1.165) is 12.8 Å². The van der Waals surface area contributed by atoms with Gasteiger partial charge in [-0.05, 0) is 49.1 Å². The van der Waals surface area contributed by atoms with E-state index in [2.05, 4.69) is 0 Å². The highest BCUT2D eigenvalue weighted by Crippen LogP contribution is 2.23. The van der Waals surface area contributed by atoms with Gasteiger partial charge in [0.05, 0.1) is 5.92 Å². The third-order valence-corrected chi connectivity index (χ3v) is 5.00. The molecule has 1 aliphatic rings. The van der Waals surface area contributed by atoms with E-state index in [0.29, 0.717) is 36.8 Å². The van der Waals surface area contributed by atoms with Crippen LogP contribution in [0.1, 0.15) is 37.0 Å². The molecule has 7 heteroatoms. The van der Waals surface area contributed by atoms with Gasteiger partial charge in [0.15, 0.2) is 0 Å². The largest absolute Gasteiger partial charge is 0.345 e. The summed E-state index contributed by atoms with van der Waals surface area (Å²) >= 11 is 5.88. The van der Waals surface area contributed by atoms with E-state index in [-0.39, 0.29) is 35.6 Å². The number of hydrogen-bond acceptors (Lipinski definition) is 3. The Balaban J connectivity index is 0.00000338. The molecule has 1 unspecified atom stereocenters. The summed E-state index contributed by atoms with van der Waals surface area (Å²) in [5.74, 6) is -0.0992. The van der Waals surface area contributed by atoms with E-state index >= 15 is 0 Å². The second-order valence-corrected chi connectivity index (χ2v) is 8.10. The number of carbonyl (C=O) groups excluding carboxylic acids is 2. The zero-order chi connectivity index (χ0) is 18.6. The van der Waals surface area contributed by atoms with Crippen molar-refractivity contribution in [3.63, 3.8) is 0 Å². The number of benzene rings is 1. The fourth-order valence-corrected chi connectivity index (χ4v) is 3.36. The smallest absolute Gasteiger partial charge is 0.253 e. The molecule has 0 aliphatic carbocycles.